The van der Waals surface area contributed by atoms with Gasteiger partial charge in [-0.3, -0.25) is 0 Å². The number of oxime groups is 1. The van der Waals surface area contributed by atoms with Gasteiger partial charge >= 0.3 is 12.1 Å². The second-order valence-corrected chi connectivity index (χ2v) is 7.26. The number of alkyl halides is 3. The summed E-state index contributed by atoms with van der Waals surface area (Å²) in [6.07, 6.45) is -5.43. The number of hydrogen-bond acceptors (Lipinski definition) is 4. The molecule has 4 nitrogen and oxygen atoms in total. The lowest BCUT2D eigenvalue weighted by Crippen LogP contribution is -2.42. The molecule has 1 unspecified atom stereocenters. The molecule has 10 heteroatoms. The van der Waals surface area contributed by atoms with Gasteiger partial charge in [-0.2, -0.15) is 13.2 Å². The Morgan fingerprint density at radius 3 is 2.32 bits per heavy atom. The van der Waals surface area contributed by atoms with Crippen LogP contribution in [-0.2, 0) is 15.2 Å². The zero-order valence-electron chi connectivity index (χ0n) is 14.1. The van der Waals surface area contributed by atoms with E-state index in [0.29, 0.717) is 0 Å². The van der Waals surface area contributed by atoms with Crippen molar-refractivity contribution in [1.29, 1.82) is 0 Å². The van der Waals surface area contributed by atoms with E-state index in [2.05, 4.69) is 9.89 Å². The van der Waals surface area contributed by atoms with Crippen LogP contribution >= 0.6 is 34.8 Å². The minimum Gasteiger partial charge on any atom is -0.465 e. The Labute approximate surface area is 172 Å². The number of carbonyl (C=O) groups excluding carboxylic acids is 1. The van der Waals surface area contributed by atoms with Gasteiger partial charge in [0, 0.05) is 27.6 Å². The molecule has 2 aromatic rings. The van der Waals surface area contributed by atoms with Gasteiger partial charge < -0.3 is 9.57 Å². The van der Waals surface area contributed by atoms with Crippen LogP contribution in [0.4, 0.5) is 13.2 Å². The summed E-state index contributed by atoms with van der Waals surface area (Å²) in [7, 11) is 1.19. The number of ether oxygens (including phenoxy) is 1. The maximum Gasteiger partial charge on any atom is 0.435 e. The molecule has 1 aliphatic heterocycles. The molecule has 0 saturated heterocycles. The number of halogens is 6. The van der Waals surface area contributed by atoms with E-state index in [0.717, 1.165) is 12.1 Å². The number of hydrogen-bond donors (Lipinski definition) is 0. The maximum atomic E-state index is 14.0. The van der Waals surface area contributed by atoms with E-state index in [9.17, 15) is 18.0 Å². The van der Waals surface area contributed by atoms with Gasteiger partial charge in [0.1, 0.15) is 0 Å². The molecule has 0 fully saturated rings. The molecule has 3 rings (SSSR count). The lowest BCUT2D eigenvalue weighted by Gasteiger charge is -2.29. The molecule has 0 amide bonds. The molecule has 28 heavy (non-hydrogen) atoms. The Morgan fingerprint density at radius 2 is 1.79 bits per heavy atom. The average Bonchev–Trinajstić information content (AvgIpc) is 3.07. The summed E-state index contributed by atoms with van der Waals surface area (Å²) in [5.74, 6) is -0.667. The van der Waals surface area contributed by atoms with Crippen molar-refractivity contribution in [2.75, 3.05) is 7.11 Å². The first-order chi connectivity index (χ1) is 13.1. The molecular formula is C18H11Cl3F3NO3. The molecule has 148 valence electrons. The summed E-state index contributed by atoms with van der Waals surface area (Å²) in [6, 6.07) is 7.67. The molecule has 0 radical (unpaired) electrons. The van der Waals surface area contributed by atoms with Gasteiger partial charge in [-0.1, -0.05) is 46.0 Å². The predicted molar refractivity (Wildman–Crippen MR) is 99.2 cm³/mol. The quantitative estimate of drug-likeness (QED) is 0.535. The van der Waals surface area contributed by atoms with E-state index < -0.39 is 24.2 Å². The van der Waals surface area contributed by atoms with Crippen molar-refractivity contribution in [1.82, 2.24) is 0 Å². The second-order valence-electron chi connectivity index (χ2n) is 5.98. The Kier molecular flexibility index (Phi) is 5.53. The first-order valence-electron chi connectivity index (χ1n) is 7.74. The van der Waals surface area contributed by atoms with Gasteiger partial charge in [0.25, 0.3) is 5.60 Å². The van der Waals surface area contributed by atoms with E-state index in [1.165, 1.54) is 31.4 Å². The van der Waals surface area contributed by atoms with Gasteiger partial charge in [0.2, 0.25) is 0 Å². The van der Waals surface area contributed by atoms with Crippen molar-refractivity contribution in [2.24, 2.45) is 5.16 Å². The highest BCUT2D eigenvalue weighted by molar-refractivity contribution is 6.35. The van der Waals surface area contributed by atoms with E-state index in [-0.39, 0.29) is 37.5 Å². The molecule has 0 aromatic heterocycles. The Hall–Kier alpha value is -1.96. The van der Waals surface area contributed by atoms with Crippen molar-refractivity contribution in [3.05, 3.63) is 68.2 Å². The van der Waals surface area contributed by atoms with Crippen LogP contribution in [0.15, 0.2) is 41.6 Å². The largest absolute Gasteiger partial charge is 0.465 e. The smallest absolute Gasteiger partial charge is 0.435 e. The SMILES string of the molecule is COC(=O)c1ccc(C2=NOC(c3cc(Cl)cc(Cl)c3)(C(F)(F)F)C2)cc1Cl. The first kappa shape index (κ1) is 20.8. The van der Waals surface area contributed by atoms with Gasteiger partial charge in [-0.25, -0.2) is 4.79 Å². The molecule has 0 N–H and O–H groups in total. The third-order valence-corrected chi connectivity index (χ3v) is 4.97. The summed E-state index contributed by atoms with van der Waals surface area (Å²) in [6.45, 7) is 0. The lowest BCUT2D eigenvalue weighted by molar-refractivity contribution is -0.275. The summed E-state index contributed by atoms with van der Waals surface area (Å²) >= 11 is 17.8. The number of methoxy groups -OCH3 is 1. The van der Waals surface area contributed by atoms with Crippen molar-refractivity contribution in [3.63, 3.8) is 0 Å². The summed E-state index contributed by atoms with van der Waals surface area (Å²) in [5, 5.41) is 3.72. The topological polar surface area (TPSA) is 47.9 Å². The zero-order valence-corrected chi connectivity index (χ0v) is 16.4. The van der Waals surface area contributed by atoms with Crippen molar-refractivity contribution in [2.45, 2.75) is 18.2 Å². The third-order valence-electron chi connectivity index (χ3n) is 4.22. The fourth-order valence-electron chi connectivity index (χ4n) is 2.82. The molecular weight excluding hydrogens is 442 g/mol. The van der Waals surface area contributed by atoms with Crippen LogP contribution in [0.5, 0.6) is 0 Å². The fourth-order valence-corrected chi connectivity index (χ4v) is 3.60. The Balaban J connectivity index is 2.00. The summed E-state index contributed by atoms with van der Waals surface area (Å²) < 4.78 is 46.5. The van der Waals surface area contributed by atoms with Crippen LogP contribution in [0.25, 0.3) is 0 Å². The summed E-state index contributed by atoms with van der Waals surface area (Å²) in [4.78, 5) is 16.5. The average molecular weight is 453 g/mol. The highest BCUT2D eigenvalue weighted by atomic mass is 35.5. The lowest BCUT2D eigenvalue weighted by atomic mass is 9.86. The van der Waals surface area contributed by atoms with E-state index in [4.69, 9.17) is 39.6 Å². The van der Waals surface area contributed by atoms with Gasteiger partial charge in [-0.15, -0.1) is 0 Å². The Morgan fingerprint density at radius 1 is 1.14 bits per heavy atom. The monoisotopic (exact) mass is 451 g/mol. The minimum absolute atomic E-state index is 0.00624. The summed E-state index contributed by atoms with van der Waals surface area (Å²) in [5.41, 5.74) is -2.65. The molecule has 0 spiro atoms. The second kappa shape index (κ2) is 7.46. The van der Waals surface area contributed by atoms with E-state index in [1.807, 2.05) is 0 Å². The van der Waals surface area contributed by atoms with Crippen molar-refractivity contribution < 1.29 is 27.5 Å². The number of rotatable bonds is 3. The van der Waals surface area contributed by atoms with Crippen molar-refractivity contribution in [3.8, 4) is 0 Å². The predicted octanol–water partition coefficient (Wildman–Crippen LogP) is 6.02. The first-order valence-corrected chi connectivity index (χ1v) is 8.87. The number of carbonyl (C=O) groups is 1. The van der Waals surface area contributed by atoms with Crippen LogP contribution in [0.2, 0.25) is 15.1 Å². The van der Waals surface area contributed by atoms with Gasteiger partial charge in [0.05, 0.1) is 23.4 Å². The molecule has 0 bridgehead atoms. The van der Waals surface area contributed by atoms with E-state index >= 15 is 0 Å². The molecule has 1 aliphatic rings. The normalized spacial score (nSPS) is 19.2. The van der Waals surface area contributed by atoms with Crippen molar-refractivity contribution >= 4 is 46.5 Å². The van der Waals surface area contributed by atoms with Crippen LogP contribution in [0, 0.1) is 0 Å². The third kappa shape index (κ3) is 3.66. The van der Waals surface area contributed by atoms with Crippen LogP contribution in [0.1, 0.15) is 27.9 Å². The highest BCUT2D eigenvalue weighted by Gasteiger charge is 2.62. The van der Waals surface area contributed by atoms with Gasteiger partial charge in [0.15, 0.2) is 0 Å². The molecule has 2 aromatic carbocycles. The zero-order chi connectivity index (χ0) is 20.7. The van der Waals surface area contributed by atoms with Crippen LogP contribution in [-0.4, -0.2) is 25.0 Å². The number of esters is 1. The number of nitrogens with zero attached hydrogens (tertiary/aromatic N) is 1. The van der Waals surface area contributed by atoms with E-state index in [1.54, 1.807) is 0 Å². The fraction of sp³-hybridized carbons (Fsp3) is 0.222. The maximum absolute atomic E-state index is 14.0. The van der Waals surface area contributed by atoms with Crippen LogP contribution < -0.4 is 0 Å². The van der Waals surface area contributed by atoms with Crippen LogP contribution in [0.3, 0.4) is 0 Å². The molecule has 0 saturated carbocycles. The molecule has 1 atom stereocenters. The number of benzene rings is 2. The molecule has 0 aliphatic carbocycles. The Bertz CT molecular complexity index is 958. The molecule has 1 heterocycles. The highest BCUT2D eigenvalue weighted by Crippen LogP contribution is 2.49. The van der Waals surface area contributed by atoms with Gasteiger partial charge in [-0.05, 0) is 30.3 Å². The minimum atomic E-state index is -4.80. The standard InChI is InChI=1S/C18H11Cl3F3NO3/c1-27-16(26)13-3-2-9(4-14(13)21)15-8-17(28-25-15,18(22,23)24)10-5-11(19)7-12(20)6-10/h2-7H,8H2,1H3.